The van der Waals surface area contributed by atoms with Crippen molar-refractivity contribution in [2.24, 2.45) is 0 Å². The molecule has 0 saturated heterocycles. The van der Waals surface area contributed by atoms with Crippen LogP contribution in [0.25, 0.3) is 11.6 Å². The van der Waals surface area contributed by atoms with Crippen LogP contribution in [0.1, 0.15) is 11.3 Å². The molecule has 0 aliphatic carbocycles. The number of carbonyl (C=O) groups excluding carboxylic acids is 2. The third kappa shape index (κ3) is 4.78. The van der Waals surface area contributed by atoms with E-state index in [4.69, 9.17) is 0 Å². The number of carbonyl (C=O) groups is 2. The van der Waals surface area contributed by atoms with Gasteiger partial charge in [-0.2, -0.15) is 0 Å². The van der Waals surface area contributed by atoms with Gasteiger partial charge < -0.3 is 26.3 Å². The van der Waals surface area contributed by atoms with Crippen molar-refractivity contribution in [1.29, 1.82) is 0 Å². The molecule has 1 aliphatic rings. The van der Waals surface area contributed by atoms with Gasteiger partial charge in [-0.1, -0.05) is 12.1 Å². The summed E-state index contributed by atoms with van der Waals surface area (Å²) >= 11 is 0. The lowest BCUT2D eigenvalue weighted by Crippen LogP contribution is -2.20. The molecule has 2 heterocycles. The summed E-state index contributed by atoms with van der Waals surface area (Å²) in [5.41, 5.74) is 3.99. The van der Waals surface area contributed by atoms with Crippen LogP contribution in [0.15, 0.2) is 72.9 Å². The maximum atomic E-state index is 13.8. The Balaban J connectivity index is 1.28. The molecule has 7 nitrogen and oxygen atoms in total. The van der Waals surface area contributed by atoms with Crippen LogP contribution in [0.4, 0.5) is 46.4 Å². The molecule has 36 heavy (non-hydrogen) atoms. The summed E-state index contributed by atoms with van der Waals surface area (Å²) in [5.74, 6) is -3.94. The third-order valence-electron chi connectivity index (χ3n) is 5.39. The maximum absolute atomic E-state index is 13.8. The van der Waals surface area contributed by atoms with E-state index in [1.807, 2.05) is 24.3 Å². The summed E-state index contributed by atoms with van der Waals surface area (Å²) in [6.07, 6.45) is 3.56. The Morgan fingerprint density at radius 1 is 0.806 bits per heavy atom. The molecular formula is C26H18F3N5O2. The molecule has 3 aromatic carbocycles. The molecule has 0 fully saturated rings. The number of rotatable bonds is 5. The fraction of sp³-hybridized carbons (Fsp3) is 0. The van der Waals surface area contributed by atoms with Gasteiger partial charge in [0.15, 0.2) is 11.6 Å². The van der Waals surface area contributed by atoms with Gasteiger partial charge in [0.1, 0.15) is 5.82 Å². The number of nitrogens with one attached hydrogen (secondary N) is 5. The van der Waals surface area contributed by atoms with Gasteiger partial charge in [0.05, 0.1) is 16.9 Å². The minimum atomic E-state index is -1.35. The highest BCUT2D eigenvalue weighted by molar-refractivity contribution is 6.35. The minimum absolute atomic E-state index is 0.202. The first-order valence-corrected chi connectivity index (χ1v) is 10.8. The minimum Gasteiger partial charge on any atom is -0.362 e. The van der Waals surface area contributed by atoms with Crippen LogP contribution >= 0.6 is 0 Å². The van der Waals surface area contributed by atoms with Crippen LogP contribution in [0.5, 0.6) is 0 Å². The molecule has 3 amide bonds. The average Bonchev–Trinajstić information content (AvgIpc) is 3.45. The fourth-order valence-electron chi connectivity index (χ4n) is 3.75. The van der Waals surface area contributed by atoms with Crippen LogP contribution in [-0.2, 0) is 4.79 Å². The highest BCUT2D eigenvalue weighted by atomic mass is 19.2. The molecule has 0 radical (unpaired) electrons. The van der Waals surface area contributed by atoms with Crippen molar-refractivity contribution in [1.82, 2.24) is 4.98 Å². The van der Waals surface area contributed by atoms with Crippen molar-refractivity contribution >= 4 is 52.0 Å². The van der Waals surface area contributed by atoms with Crippen molar-refractivity contribution in [3.63, 3.8) is 0 Å². The second kappa shape index (κ2) is 9.34. The van der Waals surface area contributed by atoms with Gasteiger partial charge >= 0.3 is 6.03 Å². The second-order valence-corrected chi connectivity index (χ2v) is 7.93. The normalized spacial score (nSPS) is 13.3. The molecule has 0 spiro atoms. The Morgan fingerprint density at radius 2 is 1.58 bits per heavy atom. The van der Waals surface area contributed by atoms with Crippen molar-refractivity contribution < 1.29 is 22.8 Å². The topological polar surface area (TPSA) is 98.1 Å². The van der Waals surface area contributed by atoms with E-state index in [2.05, 4.69) is 26.3 Å². The molecule has 4 aromatic rings. The van der Waals surface area contributed by atoms with E-state index < -0.39 is 29.2 Å². The quantitative estimate of drug-likeness (QED) is 0.168. The summed E-state index contributed by atoms with van der Waals surface area (Å²) in [6.45, 7) is 0. The molecule has 0 saturated carbocycles. The molecule has 0 atom stereocenters. The van der Waals surface area contributed by atoms with Crippen molar-refractivity contribution in [2.45, 2.75) is 0 Å². The van der Waals surface area contributed by atoms with Crippen LogP contribution in [0.3, 0.4) is 0 Å². The zero-order valence-corrected chi connectivity index (χ0v) is 18.5. The Hall–Kier alpha value is -4.99. The summed E-state index contributed by atoms with van der Waals surface area (Å²) in [7, 11) is 0. The van der Waals surface area contributed by atoms with E-state index in [9.17, 15) is 22.8 Å². The lowest BCUT2D eigenvalue weighted by atomic mass is 10.1. The van der Waals surface area contributed by atoms with Crippen LogP contribution < -0.4 is 21.3 Å². The van der Waals surface area contributed by atoms with Gasteiger partial charge in [0, 0.05) is 46.6 Å². The number of hydrogen-bond acceptors (Lipinski definition) is 3. The SMILES string of the molecule is O=C(Nc1cccc(Nc2ccc3c(c2)NC(=O)/C3=C\c2ccc[nH]2)c1)Nc1cc(F)c(F)cc1F. The van der Waals surface area contributed by atoms with Crippen molar-refractivity contribution in [3.8, 4) is 0 Å². The monoisotopic (exact) mass is 489 g/mol. The summed E-state index contributed by atoms with van der Waals surface area (Å²) < 4.78 is 40.2. The molecule has 0 unspecified atom stereocenters. The molecule has 5 rings (SSSR count). The maximum Gasteiger partial charge on any atom is 0.323 e. The highest BCUT2D eigenvalue weighted by Crippen LogP contribution is 2.35. The number of halogens is 3. The van der Waals surface area contributed by atoms with E-state index in [1.54, 1.807) is 42.6 Å². The molecule has 180 valence electrons. The molecular weight excluding hydrogens is 471 g/mol. The van der Waals surface area contributed by atoms with Gasteiger partial charge in [-0.25, -0.2) is 18.0 Å². The van der Waals surface area contributed by atoms with E-state index in [0.717, 1.165) is 11.3 Å². The molecule has 5 N–H and O–H groups in total. The highest BCUT2D eigenvalue weighted by Gasteiger charge is 2.24. The summed E-state index contributed by atoms with van der Waals surface area (Å²) in [5, 5.41) is 10.7. The van der Waals surface area contributed by atoms with E-state index in [-0.39, 0.29) is 5.91 Å². The fourth-order valence-corrected chi connectivity index (χ4v) is 3.75. The van der Waals surface area contributed by atoms with Gasteiger partial charge in [0.2, 0.25) is 0 Å². The number of urea groups is 1. The number of hydrogen-bond donors (Lipinski definition) is 5. The smallest absolute Gasteiger partial charge is 0.323 e. The zero-order chi connectivity index (χ0) is 25.2. The summed E-state index contributed by atoms with van der Waals surface area (Å²) in [4.78, 5) is 27.7. The largest absolute Gasteiger partial charge is 0.362 e. The summed E-state index contributed by atoms with van der Waals surface area (Å²) in [6, 6.07) is 15.9. The van der Waals surface area contributed by atoms with E-state index in [0.29, 0.717) is 40.5 Å². The predicted octanol–water partition coefficient (Wildman–Crippen LogP) is 6.31. The van der Waals surface area contributed by atoms with Crippen LogP contribution in [-0.4, -0.2) is 16.9 Å². The van der Waals surface area contributed by atoms with Gasteiger partial charge in [-0.05, 0) is 48.5 Å². The van der Waals surface area contributed by atoms with Gasteiger partial charge in [-0.15, -0.1) is 0 Å². The molecule has 0 bridgehead atoms. The van der Waals surface area contributed by atoms with E-state index in [1.165, 1.54) is 0 Å². The lowest BCUT2D eigenvalue weighted by Gasteiger charge is -2.12. The Morgan fingerprint density at radius 3 is 2.39 bits per heavy atom. The van der Waals surface area contributed by atoms with Gasteiger partial charge in [0.25, 0.3) is 5.91 Å². The Bertz CT molecular complexity index is 1520. The first kappa shape index (κ1) is 22.8. The van der Waals surface area contributed by atoms with Crippen molar-refractivity contribution in [2.75, 3.05) is 21.3 Å². The molecule has 1 aromatic heterocycles. The third-order valence-corrected chi connectivity index (χ3v) is 5.39. The number of aromatic amines is 1. The Kier molecular flexibility index (Phi) is 5.91. The van der Waals surface area contributed by atoms with E-state index >= 15 is 0 Å². The average molecular weight is 489 g/mol. The number of amides is 3. The predicted molar refractivity (Wildman–Crippen MR) is 132 cm³/mol. The van der Waals surface area contributed by atoms with Gasteiger partial charge in [-0.3, -0.25) is 4.79 Å². The molecule has 10 heteroatoms. The number of H-pyrrole nitrogens is 1. The number of benzene rings is 3. The lowest BCUT2D eigenvalue weighted by molar-refractivity contribution is -0.110. The number of aromatic nitrogens is 1. The first-order chi connectivity index (χ1) is 17.4. The van der Waals surface area contributed by atoms with Crippen molar-refractivity contribution in [3.05, 3.63) is 102 Å². The van der Waals surface area contributed by atoms with Crippen LogP contribution in [0, 0.1) is 17.5 Å². The second-order valence-electron chi connectivity index (χ2n) is 7.93. The number of anilines is 5. The van der Waals surface area contributed by atoms with Crippen LogP contribution in [0.2, 0.25) is 0 Å². The Labute approximate surface area is 203 Å². The zero-order valence-electron chi connectivity index (χ0n) is 18.5. The standard InChI is InChI=1S/C26H18F3N5O2/c27-20-12-22(29)24(13-21(20)28)34-26(36)32-16-4-1-3-15(9-16)31-17-6-7-18-19(10-14-5-2-8-30-14)25(35)33-23(18)11-17/h1-13,30-31H,(H,33,35)(H2,32,34,36)/b19-10-. The first-order valence-electron chi connectivity index (χ1n) is 10.8. The molecule has 1 aliphatic heterocycles. The number of fused-ring (bicyclic) bond motifs is 1.